The number of carbonyl (C=O) groups excluding carboxylic acids is 1. The van der Waals surface area contributed by atoms with Gasteiger partial charge < -0.3 is 65.1 Å². The van der Waals surface area contributed by atoms with E-state index in [9.17, 15) is 45.6 Å². The highest BCUT2D eigenvalue weighted by molar-refractivity contribution is 5.76. The Balaban J connectivity index is 1.70. The van der Waals surface area contributed by atoms with Crippen molar-refractivity contribution in [2.75, 3.05) is 19.8 Å². The standard InChI is InChI=1S/C65H119NO13/c1-3-5-7-9-11-13-15-17-19-20-21-22-23-24-25-26-27-28-29-30-31-32-33-34-35-36-38-40-42-44-46-48-54(69)53(66-57(70)49-47-45-43-41-39-37-18-16-14-12-10-8-6-4-2)52-76-64-62(75)60(73)63(56(51-68)78-64)79-65-61(74)59(72)58(71)55(50-67)77-65/h16,18,33-34,38,40,46,48,53-56,58-65,67-69,71-75H,3-15,17,19-32,35-37,39,41-45,47,49-52H2,1-2H3,(H,66,70)/b18-16-,34-33+,40-38+,48-46+. The molecule has 1 amide bonds. The summed E-state index contributed by atoms with van der Waals surface area (Å²) in [5.74, 6) is -0.262. The van der Waals surface area contributed by atoms with E-state index >= 15 is 0 Å². The summed E-state index contributed by atoms with van der Waals surface area (Å²) in [5, 5.41) is 87.1. The van der Waals surface area contributed by atoms with Gasteiger partial charge in [-0.1, -0.05) is 236 Å². The maximum Gasteiger partial charge on any atom is 0.220 e. The monoisotopic (exact) mass is 1120 g/mol. The van der Waals surface area contributed by atoms with Crippen molar-refractivity contribution in [1.82, 2.24) is 5.32 Å². The van der Waals surface area contributed by atoms with Crippen molar-refractivity contribution in [3.8, 4) is 0 Å². The van der Waals surface area contributed by atoms with Crippen molar-refractivity contribution in [2.45, 2.75) is 338 Å². The predicted molar refractivity (Wildman–Crippen MR) is 318 cm³/mol. The maximum absolute atomic E-state index is 13.2. The molecule has 0 saturated carbocycles. The van der Waals surface area contributed by atoms with E-state index in [4.69, 9.17) is 18.9 Å². The number of hydrogen-bond donors (Lipinski definition) is 9. The average Bonchev–Trinajstić information content (AvgIpc) is 3.48. The SMILES string of the molecule is CCCCCCC/C=C\CCCCCCCC(=O)NC(COC1OC(CO)C(OC2OC(CO)C(O)C(O)C2O)C(O)C1O)C(O)/C=C/CC/C=C/CC/C=C/CCCCCCCCCCCCCCCCCCCCCCC. The van der Waals surface area contributed by atoms with E-state index < -0.39 is 86.8 Å². The number of aliphatic hydroxyl groups is 8. The van der Waals surface area contributed by atoms with Gasteiger partial charge in [-0.2, -0.15) is 0 Å². The number of aliphatic hydroxyl groups excluding tert-OH is 8. The lowest BCUT2D eigenvalue weighted by Crippen LogP contribution is -2.65. The molecule has 0 spiro atoms. The zero-order chi connectivity index (χ0) is 57.4. The van der Waals surface area contributed by atoms with Crippen LogP contribution in [0, 0.1) is 0 Å². The quantitative estimate of drug-likeness (QED) is 0.0204. The molecular formula is C65H119NO13. The summed E-state index contributed by atoms with van der Waals surface area (Å²) in [7, 11) is 0. The van der Waals surface area contributed by atoms with Gasteiger partial charge in [-0.25, -0.2) is 0 Å². The fraction of sp³-hybridized carbons (Fsp3) is 0.862. The summed E-state index contributed by atoms with van der Waals surface area (Å²) in [6.45, 7) is 2.77. The Kier molecular flexibility index (Phi) is 46.7. The van der Waals surface area contributed by atoms with Crippen LogP contribution in [0.15, 0.2) is 48.6 Å². The molecule has 14 nitrogen and oxygen atoms in total. The lowest BCUT2D eigenvalue weighted by atomic mass is 9.97. The zero-order valence-electron chi connectivity index (χ0n) is 49.9. The topological polar surface area (TPSA) is 228 Å². The van der Waals surface area contributed by atoms with Gasteiger partial charge in [0.2, 0.25) is 5.91 Å². The second-order valence-electron chi connectivity index (χ2n) is 22.9. The van der Waals surface area contributed by atoms with Crippen molar-refractivity contribution in [3.05, 3.63) is 48.6 Å². The van der Waals surface area contributed by atoms with Crippen LogP contribution in [0.5, 0.6) is 0 Å². The van der Waals surface area contributed by atoms with E-state index in [2.05, 4.69) is 55.6 Å². The van der Waals surface area contributed by atoms with Crippen molar-refractivity contribution < 1.29 is 64.6 Å². The van der Waals surface area contributed by atoms with E-state index in [0.29, 0.717) is 12.8 Å². The van der Waals surface area contributed by atoms with Crippen LogP contribution in [0.1, 0.15) is 264 Å². The molecule has 462 valence electrons. The molecule has 2 heterocycles. The lowest BCUT2D eigenvalue weighted by molar-refractivity contribution is -0.359. The highest BCUT2D eigenvalue weighted by atomic mass is 16.7. The van der Waals surface area contributed by atoms with E-state index in [-0.39, 0.29) is 18.9 Å². The molecular weight excluding hydrogens is 1000 g/mol. The maximum atomic E-state index is 13.2. The number of nitrogens with one attached hydrogen (secondary N) is 1. The molecule has 0 aromatic carbocycles. The van der Waals surface area contributed by atoms with Gasteiger partial charge in [0.15, 0.2) is 12.6 Å². The van der Waals surface area contributed by atoms with Crippen LogP contribution in [0.2, 0.25) is 0 Å². The third-order valence-electron chi connectivity index (χ3n) is 15.7. The normalized spacial score (nSPS) is 24.7. The molecule has 2 fully saturated rings. The smallest absolute Gasteiger partial charge is 0.220 e. The molecule has 0 aromatic heterocycles. The van der Waals surface area contributed by atoms with Gasteiger partial charge in [-0.3, -0.25) is 4.79 Å². The van der Waals surface area contributed by atoms with Crippen LogP contribution >= 0.6 is 0 Å². The van der Waals surface area contributed by atoms with Gasteiger partial charge in [-0.05, 0) is 70.6 Å². The van der Waals surface area contributed by atoms with Gasteiger partial charge in [-0.15, -0.1) is 0 Å². The second-order valence-corrected chi connectivity index (χ2v) is 22.9. The third kappa shape index (κ3) is 35.6. The summed E-state index contributed by atoms with van der Waals surface area (Å²) < 4.78 is 22.8. The van der Waals surface area contributed by atoms with Gasteiger partial charge >= 0.3 is 0 Å². The number of rotatable bonds is 52. The summed E-state index contributed by atoms with van der Waals surface area (Å²) >= 11 is 0. The molecule has 0 aliphatic carbocycles. The highest BCUT2D eigenvalue weighted by Crippen LogP contribution is 2.30. The van der Waals surface area contributed by atoms with Crippen LogP contribution in [-0.4, -0.2) is 140 Å². The van der Waals surface area contributed by atoms with Crippen molar-refractivity contribution in [1.29, 1.82) is 0 Å². The molecule has 0 radical (unpaired) electrons. The Bertz CT molecular complexity index is 1510. The lowest BCUT2D eigenvalue weighted by Gasteiger charge is -2.46. The zero-order valence-corrected chi connectivity index (χ0v) is 49.9. The molecule has 2 aliphatic rings. The van der Waals surface area contributed by atoms with Crippen molar-refractivity contribution in [2.24, 2.45) is 0 Å². The molecule has 14 heteroatoms. The predicted octanol–water partition coefficient (Wildman–Crippen LogP) is 12.0. The van der Waals surface area contributed by atoms with E-state index in [1.54, 1.807) is 6.08 Å². The molecule has 12 atom stereocenters. The summed E-state index contributed by atoms with van der Waals surface area (Å²) in [6, 6.07) is -0.943. The first kappa shape index (κ1) is 73.1. The van der Waals surface area contributed by atoms with Crippen molar-refractivity contribution >= 4 is 5.91 Å². The first-order chi connectivity index (χ1) is 38.6. The average molecular weight is 1120 g/mol. The molecule has 9 N–H and O–H groups in total. The number of ether oxygens (including phenoxy) is 4. The number of carbonyl (C=O) groups is 1. The number of hydrogen-bond acceptors (Lipinski definition) is 13. The third-order valence-corrected chi connectivity index (χ3v) is 15.7. The second kappa shape index (κ2) is 50.5. The minimum atomic E-state index is -1.79. The van der Waals surface area contributed by atoms with Crippen LogP contribution in [-0.2, 0) is 23.7 Å². The Morgan fingerprint density at radius 1 is 0.443 bits per heavy atom. The largest absolute Gasteiger partial charge is 0.394 e. The molecule has 2 saturated heterocycles. The number of amides is 1. The van der Waals surface area contributed by atoms with Crippen LogP contribution in [0.4, 0.5) is 0 Å². The van der Waals surface area contributed by atoms with Gasteiger partial charge in [0, 0.05) is 6.42 Å². The minimum Gasteiger partial charge on any atom is -0.394 e. The Morgan fingerprint density at radius 2 is 0.810 bits per heavy atom. The van der Waals surface area contributed by atoms with E-state index in [1.165, 1.54) is 167 Å². The summed E-state index contributed by atoms with van der Waals surface area (Å²) in [4.78, 5) is 13.2. The van der Waals surface area contributed by atoms with Crippen LogP contribution in [0.25, 0.3) is 0 Å². The van der Waals surface area contributed by atoms with E-state index in [0.717, 1.165) is 64.2 Å². The number of unbranched alkanes of at least 4 members (excludes halogenated alkanes) is 33. The highest BCUT2D eigenvalue weighted by Gasteiger charge is 2.51. The Morgan fingerprint density at radius 3 is 1.24 bits per heavy atom. The van der Waals surface area contributed by atoms with Gasteiger partial charge in [0.1, 0.15) is 48.8 Å². The minimum absolute atomic E-state index is 0.259. The molecule has 2 aliphatic heterocycles. The molecule has 79 heavy (non-hydrogen) atoms. The van der Waals surface area contributed by atoms with Gasteiger partial charge in [0.25, 0.3) is 0 Å². The summed E-state index contributed by atoms with van der Waals surface area (Å²) in [6.07, 6.45) is 47.5. The fourth-order valence-electron chi connectivity index (χ4n) is 10.5. The molecule has 0 aromatic rings. The first-order valence-electron chi connectivity index (χ1n) is 32.4. The number of allylic oxidation sites excluding steroid dienone is 7. The Labute approximate surface area is 480 Å². The van der Waals surface area contributed by atoms with Crippen LogP contribution in [0.3, 0.4) is 0 Å². The fourth-order valence-corrected chi connectivity index (χ4v) is 10.5. The van der Waals surface area contributed by atoms with Crippen molar-refractivity contribution in [3.63, 3.8) is 0 Å². The first-order valence-corrected chi connectivity index (χ1v) is 32.4. The molecule has 2 rings (SSSR count). The molecule has 0 bridgehead atoms. The Hall–Kier alpha value is -2.05. The molecule has 12 unspecified atom stereocenters. The van der Waals surface area contributed by atoms with Crippen LogP contribution < -0.4 is 5.32 Å². The summed E-state index contributed by atoms with van der Waals surface area (Å²) in [5.41, 5.74) is 0. The van der Waals surface area contributed by atoms with E-state index in [1.807, 2.05) is 6.08 Å². The van der Waals surface area contributed by atoms with Gasteiger partial charge in [0.05, 0.1) is 32.0 Å².